The number of amides is 1. The number of nitrogens with one attached hydrogen (secondary N) is 1. The second-order valence-corrected chi connectivity index (χ2v) is 6.16. The fourth-order valence-electron chi connectivity index (χ4n) is 3.11. The predicted molar refractivity (Wildman–Crippen MR) is 94.7 cm³/mol. The molecule has 1 N–H and O–H groups in total. The van der Waals surface area contributed by atoms with Crippen molar-refractivity contribution in [3.05, 3.63) is 23.8 Å². The Morgan fingerprint density at radius 3 is 2.29 bits per heavy atom. The lowest BCUT2D eigenvalue weighted by Crippen LogP contribution is -2.40. The summed E-state index contributed by atoms with van der Waals surface area (Å²) >= 11 is 0. The molecular weight excluding hydrogens is 306 g/mol. The Hall–Kier alpha value is -2.17. The number of carbonyl (C=O) groups is 1. The van der Waals surface area contributed by atoms with Crippen molar-refractivity contribution in [2.24, 2.45) is 5.92 Å². The molecule has 0 unspecified atom stereocenters. The van der Waals surface area contributed by atoms with Crippen LogP contribution >= 0.6 is 0 Å². The summed E-state index contributed by atoms with van der Waals surface area (Å²) in [7, 11) is 4.74. The summed E-state index contributed by atoms with van der Waals surface area (Å²) in [4.78, 5) is 12.2. The van der Waals surface area contributed by atoms with E-state index in [0.29, 0.717) is 23.2 Å². The molecule has 132 valence electrons. The van der Waals surface area contributed by atoms with Crippen molar-refractivity contribution >= 4 is 12.0 Å². The zero-order valence-electron chi connectivity index (χ0n) is 14.9. The predicted octanol–water partition coefficient (Wildman–Crippen LogP) is 3.42. The Morgan fingerprint density at radius 1 is 1.04 bits per heavy atom. The van der Waals surface area contributed by atoms with E-state index in [1.54, 1.807) is 45.6 Å². The van der Waals surface area contributed by atoms with E-state index in [2.05, 4.69) is 12.2 Å². The van der Waals surface area contributed by atoms with E-state index in [0.717, 1.165) is 12.0 Å². The van der Waals surface area contributed by atoms with Crippen molar-refractivity contribution in [2.75, 3.05) is 21.3 Å². The molecule has 0 aliphatic heterocycles. The van der Waals surface area contributed by atoms with Gasteiger partial charge < -0.3 is 19.5 Å². The SMILES string of the molecule is COc1cc(OC)c(OC)cc1/C=C/C(=O)N[C@@H]1CCCC[C@@H]1C. The second kappa shape index (κ2) is 8.62. The molecule has 1 amide bonds. The van der Waals surface area contributed by atoms with E-state index in [1.165, 1.54) is 19.3 Å². The van der Waals surface area contributed by atoms with Gasteiger partial charge in [0.05, 0.1) is 21.3 Å². The van der Waals surface area contributed by atoms with E-state index >= 15 is 0 Å². The molecule has 0 saturated heterocycles. The Bertz CT molecular complexity index is 597. The van der Waals surface area contributed by atoms with Crippen LogP contribution in [0.4, 0.5) is 0 Å². The van der Waals surface area contributed by atoms with Gasteiger partial charge in [0.25, 0.3) is 0 Å². The fraction of sp³-hybridized carbons (Fsp3) is 0.526. The zero-order chi connectivity index (χ0) is 17.5. The molecule has 1 aliphatic carbocycles. The van der Waals surface area contributed by atoms with Gasteiger partial charge in [0, 0.05) is 23.7 Å². The first kappa shape index (κ1) is 18.2. The maximum absolute atomic E-state index is 12.2. The molecule has 1 aromatic carbocycles. The average Bonchev–Trinajstić information content (AvgIpc) is 2.61. The highest BCUT2D eigenvalue weighted by Crippen LogP contribution is 2.35. The summed E-state index contributed by atoms with van der Waals surface area (Å²) in [6.45, 7) is 2.20. The largest absolute Gasteiger partial charge is 0.496 e. The van der Waals surface area contributed by atoms with Crippen molar-refractivity contribution in [3.8, 4) is 17.2 Å². The van der Waals surface area contributed by atoms with Gasteiger partial charge in [-0.05, 0) is 30.9 Å². The van der Waals surface area contributed by atoms with Crippen LogP contribution in [0, 0.1) is 5.92 Å². The number of rotatable bonds is 6. The van der Waals surface area contributed by atoms with Gasteiger partial charge in [-0.25, -0.2) is 0 Å². The minimum absolute atomic E-state index is 0.0782. The first-order chi connectivity index (χ1) is 11.6. The lowest BCUT2D eigenvalue weighted by molar-refractivity contribution is -0.117. The van der Waals surface area contributed by atoms with Gasteiger partial charge in [0.15, 0.2) is 11.5 Å². The molecule has 5 nitrogen and oxygen atoms in total. The topological polar surface area (TPSA) is 56.8 Å². The van der Waals surface area contributed by atoms with Crippen LogP contribution in [0.3, 0.4) is 0 Å². The number of methoxy groups -OCH3 is 3. The van der Waals surface area contributed by atoms with E-state index in [-0.39, 0.29) is 11.9 Å². The molecule has 0 radical (unpaired) electrons. The Balaban J connectivity index is 2.11. The second-order valence-electron chi connectivity index (χ2n) is 6.16. The zero-order valence-corrected chi connectivity index (χ0v) is 14.9. The van der Waals surface area contributed by atoms with Crippen LogP contribution in [-0.2, 0) is 4.79 Å². The van der Waals surface area contributed by atoms with Crippen LogP contribution in [0.5, 0.6) is 17.2 Å². The molecule has 2 atom stereocenters. The third-order valence-corrected chi connectivity index (χ3v) is 4.59. The van der Waals surface area contributed by atoms with Gasteiger partial charge in [-0.15, -0.1) is 0 Å². The third kappa shape index (κ3) is 4.43. The van der Waals surface area contributed by atoms with Crippen LogP contribution < -0.4 is 19.5 Å². The minimum atomic E-state index is -0.0782. The molecule has 5 heteroatoms. The van der Waals surface area contributed by atoms with E-state index in [4.69, 9.17) is 14.2 Å². The Labute approximate surface area is 144 Å². The highest BCUT2D eigenvalue weighted by atomic mass is 16.5. The van der Waals surface area contributed by atoms with Gasteiger partial charge in [-0.3, -0.25) is 4.79 Å². The number of hydrogen-bond donors (Lipinski definition) is 1. The summed E-state index contributed by atoms with van der Waals surface area (Å²) in [5, 5.41) is 3.11. The first-order valence-electron chi connectivity index (χ1n) is 8.37. The first-order valence-corrected chi connectivity index (χ1v) is 8.37. The Morgan fingerprint density at radius 2 is 1.67 bits per heavy atom. The number of carbonyl (C=O) groups excluding carboxylic acids is 1. The highest BCUT2D eigenvalue weighted by Gasteiger charge is 2.22. The number of hydrogen-bond acceptors (Lipinski definition) is 4. The van der Waals surface area contributed by atoms with Crippen molar-refractivity contribution in [2.45, 2.75) is 38.6 Å². The fourth-order valence-corrected chi connectivity index (χ4v) is 3.11. The van der Waals surface area contributed by atoms with Gasteiger partial charge >= 0.3 is 0 Å². The standard InChI is InChI=1S/C19H27NO4/c1-13-7-5-6-8-15(13)20-19(21)10-9-14-11-17(23-3)18(24-4)12-16(14)22-2/h9-13,15H,5-8H2,1-4H3,(H,20,21)/b10-9+/t13-,15+/m0/s1. The van der Waals surface area contributed by atoms with Crippen LogP contribution in [-0.4, -0.2) is 33.3 Å². The van der Waals surface area contributed by atoms with Gasteiger partial charge in [-0.2, -0.15) is 0 Å². The van der Waals surface area contributed by atoms with Crippen LogP contribution in [0.25, 0.3) is 6.08 Å². The smallest absolute Gasteiger partial charge is 0.244 e. The van der Waals surface area contributed by atoms with Gasteiger partial charge in [0.1, 0.15) is 5.75 Å². The number of ether oxygens (including phenoxy) is 3. The van der Waals surface area contributed by atoms with Crippen molar-refractivity contribution in [1.82, 2.24) is 5.32 Å². The van der Waals surface area contributed by atoms with Gasteiger partial charge in [0.2, 0.25) is 5.91 Å². The van der Waals surface area contributed by atoms with Crippen molar-refractivity contribution in [3.63, 3.8) is 0 Å². The average molecular weight is 333 g/mol. The summed E-state index contributed by atoms with van der Waals surface area (Å²) in [5.74, 6) is 2.27. The summed E-state index contributed by atoms with van der Waals surface area (Å²) in [6.07, 6.45) is 7.96. The van der Waals surface area contributed by atoms with Crippen molar-refractivity contribution < 1.29 is 19.0 Å². The molecule has 1 saturated carbocycles. The molecular formula is C19H27NO4. The lowest BCUT2D eigenvalue weighted by Gasteiger charge is -2.29. The molecule has 1 aromatic rings. The summed E-state index contributed by atoms with van der Waals surface area (Å²) in [5.41, 5.74) is 0.766. The highest BCUT2D eigenvalue weighted by molar-refractivity contribution is 5.92. The maximum atomic E-state index is 12.2. The maximum Gasteiger partial charge on any atom is 0.244 e. The molecule has 0 heterocycles. The van der Waals surface area contributed by atoms with Crippen LogP contribution in [0.1, 0.15) is 38.2 Å². The lowest BCUT2D eigenvalue weighted by atomic mass is 9.86. The van der Waals surface area contributed by atoms with Gasteiger partial charge in [-0.1, -0.05) is 19.8 Å². The van der Waals surface area contributed by atoms with E-state index in [9.17, 15) is 4.79 Å². The molecule has 1 aliphatic rings. The molecule has 0 aromatic heterocycles. The molecule has 1 fully saturated rings. The van der Waals surface area contributed by atoms with Crippen molar-refractivity contribution in [1.29, 1.82) is 0 Å². The Kier molecular flexibility index (Phi) is 6.53. The third-order valence-electron chi connectivity index (χ3n) is 4.59. The normalized spacial score (nSPS) is 20.7. The monoisotopic (exact) mass is 333 g/mol. The molecule has 24 heavy (non-hydrogen) atoms. The summed E-state index contributed by atoms with van der Waals surface area (Å²) in [6, 6.07) is 3.81. The molecule has 2 rings (SSSR count). The van der Waals surface area contributed by atoms with Crippen LogP contribution in [0.15, 0.2) is 18.2 Å². The minimum Gasteiger partial charge on any atom is -0.496 e. The quantitative estimate of drug-likeness (QED) is 0.811. The van der Waals surface area contributed by atoms with E-state index < -0.39 is 0 Å². The van der Waals surface area contributed by atoms with E-state index in [1.807, 2.05) is 0 Å². The van der Waals surface area contributed by atoms with Crippen LogP contribution in [0.2, 0.25) is 0 Å². The number of benzene rings is 1. The molecule has 0 bridgehead atoms. The summed E-state index contributed by atoms with van der Waals surface area (Å²) < 4.78 is 15.9. The molecule has 0 spiro atoms.